The van der Waals surface area contributed by atoms with Crippen molar-refractivity contribution < 1.29 is 0 Å². The fourth-order valence-corrected chi connectivity index (χ4v) is 1.43. The molecule has 2 heterocycles. The van der Waals surface area contributed by atoms with E-state index in [-0.39, 0.29) is 0 Å². The number of hydrogen-bond donors (Lipinski definition) is 0. The summed E-state index contributed by atoms with van der Waals surface area (Å²) >= 11 is 0. The van der Waals surface area contributed by atoms with Crippen LogP contribution in [0.4, 0.5) is 5.69 Å². The van der Waals surface area contributed by atoms with Crippen LogP contribution in [-0.4, -0.2) is 28.9 Å². The van der Waals surface area contributed by atoms with Gasteiger partial charge in [0.2, 0.25) is 0 Å². The van der Waals surface area contributed by atoms with Crippen molar-refractivity contribution in [3.63, 3.8) is 0 Å². The summed E-state index contributed by atoms with van der Waals surface area (Å²) in [5, 5.41) is 4.12. The molecule has 0 unspecified atom stereocenters. The third-order valence-corrected chi connectivity index (χ3v) is 2.35. The Morgan fingerprint density at radius 1 is 1.20 bits per heavy atom. The molecule has 0 aliphatic heterocycles. The quantitative estimate of drug-likeness (QED) is 0.741. The molecule has 2 aromatic heterocycles. The number of nitrogens with zero attached hydrogens (tertiary/aromatic N) is 4. The van der Waals surface area contributed by atoms with Crippen LogP contribution in [-0.2, 0) is 7.05 Å². The zero-order valence-electron chi connectivity index (χ0n) is 9.18. The van der Waals surface area contributed by atoms with Crippen LogP contribution in [0, 0.1) is 0 Å². The van der Waals surface area contributed by atoms with Gasteiger partial charge in [-0.15, -0.1) is 0 Å². The molecule has 0 aromatic carbocycles. The maximum atomic E-state index is 4.40. The summed E-state index contributed by atoms with van der Waals surface area (Å²) in [7, 11) is 5.92. The maximum Gasteiger partial charge on any atom is 0.0884 e. The predicted octanol–water partition coefficient (Wildman–Crippen LogP) is 1.55. The molecule has 0 saturated heterocycles. The lowest BCUT2D eigenvalue weighted by atomic mass is 10.2. The molecule has 0 saturated carbocycles. The molecular formula is C11H14N4. The van der Waals surface area contributed by atoms with E-state index in [0.717, 1.165) is 17.1 Å². The lowest BCUT2D eigenvalue weighted by molar-refractivity contribution is 0.773. The summed E-state index contributed by atoms with van der Waals surface area (Å²) in [6, 6.07) is 6.01. The van der Waals surface area contributed by atoms with Gasteiger partial charge in [0.05, 0.1) is 23.3 Å². The summed E-state index contributed by atoms with van der Waals surface area (Å²) in [5.74, 6) is 0. The zero-order chi connectivity index (χ0) is 10.8. The van der Waals surface area contributed by atoms with Crippen molar-refractivity contribution in [1.29, 1.82) is 0 Å². The fraction of sp³-hybridized carbons (Fsp3) is 0.273. The number of aromatic nitrogens is 3. The van der Waals surface area contributed by atoms with Gasteiger partial charge >= 0.3 is 0 Å². The molecule has 0 spiro atoms. The van der Waals surface area contributed by atoms with Gasteiger partial charge in [-0.1, -0.05) is 0 Å². The predicted molar refractivity (Wildman–Crippen MR) is 60.8 cm³/mol. The van der Waals surface area contributed by atoms with Crippen LogP contribution >= 0.6 is 0 Å². The molecule has 0 aliphatic carbocycles. The van der Waals surface area contributed by atoms with Crippen molar-refractivity contribution in [3.05, 3.63) is 30.6 Å². The SMILES string of the molecule is CN(C)c1ccc(-c2ccnn2C)nc1. The minimum absolute atomic E-state index is 0.945. The van der Waals surface area contributed by atoms with Gasteiger partial charge in [0.15, 0.2) is 0 Å². The van der Waals surface area contributed by atoms with Crippen LogP contribution in [0.3, 0.4) is 0 Å². The molecule has 78 valence electrons. The molecule has 0 amide bonds. The van der Waals surface area contributed by atoms with E-state index >= 15 is 0 Å². The number of rotatable bonds is 2. The van der Waals surface area contributed by atoms with Crippen molar-refractivity contribution in [2.45, 2.75) is 0 Å². The highest BCUT2D eigenvalue weighted by molar-refractivity contribution is 5.57. The van der Waals surface area contributed by atoms with Gasteiger partial charge in [0.25, 0.3) is 0 Å². The third kappa shape index (κ3) is 1.83. The van der Waals surface area contributed by atoms with Gasteiger partial charge in [0, 0.05) is 27.3 Å². The smallest absolute Gasteiger partial charge is 0.0884 e. The van der Waals surface area contributed by atoms with Crippen molar-refractivity contribution in [2.75, 3.05) is 19.0 Å². The molecule has 4 nitrogen and oxygen atoms in total. The standard InChI is InChI=1S/C11H14N4/c1-14(2)9-4-5-10(12-8-9)11-6-7-13-15(11)3/h4-8H,1-3H3. The van der Waals surface area contributed by atoms with Crippen LogP contribution in [0.15, 0.2) is 30.6 Å². The average Bonchev–Trinajstić information content (AvgIpc) is 2.65. The maximum absolute atomic E-state index is 4.40. The highest BCUT2D eigenvalue weighted by atomic mass is 15.3. The Kier molecular flexibility index (Phi) is 2.41. The first-order valence-electron chi connectivity index (χ1n) is 4.80. The van der Waals surface area contributed by atoms with Crippen molar-refractivity contribution in [2.24, 2.45) is 7.05 Å². The minimum Gasteiger partial charge on any atom is -0.376 e. The number of hydrogen-bond acceptors (Lipinski definition) is 3. The van der Waals surface area contributed by atoms with Crippen LogP contribution in [0.25, 0.3) is 11.4 Å². The summed E-state index contributed by atoms with van der Waals surface area (Å²) < 4.78 is 1.82. The van der Waals surface area contributed by atoms with Gasteiger partial charge in [-0.05, 0) is 18.2 Å². The second-order valence-corrected chi connectivity index (χ2v) is 3.64. The van der Waals surface area contributed by atoms with E-state index in [9.17, 15) is 0 Å². The molecule has 4 heteroatoms. The molecule has 0 aliphatic rings. The van der Waals surface area contributed by atoms with Crippen molar-refractivity contribution >= 4 is 5.69 Å². The third-order valence-electron chi connectivity index (χ3n) is 2.35. The van der Waals surface area contributed by atoms with E-state index in [1.54, 1.807) is 6.20 Å². The van der Waals surface area contributed by atoms with E-state index in [0.29, 0.717) is 0 Å². The molecule has 2 aromatic rings. The van der Waals surface area contributed by atoms with Gasteiger partial charge in [-0.3, -0.25) is 9.67 Å². The van der Waals surface area contributed by atoms with Crippen LogP contribution < -0.4 is 4.90 Å². The van der Waals surface area contributed by atoms with Crippen molar-refractivity contribution in [1.82, 2.24) is 14.8 Å². The first kappa shape index (κ1) is 9.71. The van der Waals surface area contributed by atoms with Gasteiger partial charge in [-0.25, -0.2) is 0 Å². The number of aryl methyl sites for hydroxylation is 1. The van der Waals surface area contributed by atoms with Gasteiger partial charge in [-0.2, -0.15) is 5.10 Å². The highest BCUT2D eigenvalue weighted by Crippen LogP contribution is 2.18. The summed E-state index contributed by atoms with van der Waals surface area (Å²) in [6.45, 7) is 0. The number of anilines is 1. The molecule has 2 rings (SSSR count). The second-order valence-electron chi connectivity index (χ2n) is 3.64. The Bertz CT molecular complexity index is 442. The molecule has 0 bridgehead atoms. The van der Waals surface area contributed by atoms with Crippen LogP contribution in [0.1, 0.15) is 0 Å². The molecule has 0 N–H and O–H groups in total. The first-order valence-corrected chi connectivity index (χ1v) is 4.80. The van der Waals surface area contributed by atoms with Crippen LogP contribution in [0.2, 0.25) is 0 Å². The Labute approximate surface area is 89.2 Å². The summed E-state index contributed by atoms with van der Waals surface area (Å²) in [5.41, 5.74) is 3.07. The Morgan fingerprint density at radius 3 is 2.47 bits per heavy atom. The Morgan fingerprint density at radius 2 is 2.00 bits per heavy atom. The molecule has 15 heavy (non-hydrogen) atoms. The van der Waals surface area contributed by atoms with E-state index in [4.69, 9.17) is 0 Å². The lowest BCUT2D eigenvalue weighted by Gasteiger charge is -2.11. The first-order chi connectivity index (χ1) is 7.18. The molecule has 0 fully saturated rings. The lowest BCUT2D eigenvalue weighted by Crippen LogP contribution is -2.08. The molecule has 0 atom stereocenters. The van der Waals surface area contributed by atoms with E-state index in [2.05, 4.69) is 16.1 Å². The largest absolute Gasteiger partial charge is 0.376 e. The molecular weight excluding hydrogens is 188 g/mol. The van der Waals surface area contributed by atoms with Gasteiger partial charge in [0.1, 0.15) is 0 Å². The average molecular weight is 202 g/mol. The normalized spacial score (nSPS) is 10.3. The monoisotopic (exact) mass is 202 g/mol. The second kappa shape index (κ2) is 3.73. The van der Waals surface area contributed by atoms with E-state index < -0.39 is 0 Å². The zero-order valence-corrected chi connectivity index (χ0v) is 9.18. The highest BCUT2D eigenvalue weighted by Gasteiger charge is 2.03. The minimum atomic E-state index is 0.945. The van der Waals surface area contributed by atoms with E-state index in [1.165, 1.54) is 0 Å². The molecule has 0 radical (unpaired) electrons. The Balaban J connectivity index is 2.36. The van der Waals surface area contributed by atoms with Crippen LogP contribution in [0.5, 0.6) is 0 Å². The fourth-order valence-electron chi connectivity index (χ4n) is 1.43. The summed E-state index contributed by atoms with van der Waals surface area (Å²) in [4.78, 5) is 6.43. The summed E-state index contributed by atoms with van der Waals surface area (Å²) in [6.07, 6.45) is 3.64. The van der Waals surface area contributed by atoms with Gasteiger partial charge < -0.3 is 4.90 Å². The van der Waals surface area contributed by atoms with E-state index in [1.807, 2.05) is 49.1 Å². The topological polar surface area (TPSA) is 34.0 Å². The van der Waals surface area contributed by atoms with Crippen molar-refractivity contribution in [3.8, 4) is 11.4 Å². The Hall–Kier alpha value is -1.84. The number of pyridine rings is 1.